The highest BCUT2D eigenvalue weighted by atomic mass is 32.1. The number of benzene rings is 2. The average Bonchev–Trinajstić information content (AvgIpc) is 3.14. The largest absolute Gasteiger partial charge is 0.504 e. The summed E-state index contributed by atoms with van der Waals surface area (Å²) < 4.78 is 5.41. The number of allylic oxidation sites excluding steroid dienone is 1. The summed E-state index contributed by atoms with van der Waals surface area (Å²) in [5, 5.41) is 22.0. The number of phenolic OH excluding ortho intramolecular Hbond substituents is 1. The highest BCUT2D eigenvalue weighted by Gasteiger charge is 2.11. The van der Waals surface area contributed by atoms with Crippen LogP contribution in [0.15, 0.2) is 41.8 Å². The first-order chi connectivity index (χ1) is 13.0. The van der Waals surface area contributed by atoms with E-state index in [1.54, 1.807) is 24.3 Å². The van der Waals surface area contributed by atoms with Crippen molar-refractivity contribution in [2.45, 2.75) is 20.8 Å². The van der Waals surface area contributed by atoms with Crippen molar-refractivity contribution in [3.8, 4) is 28.8 Å². The lowest BCUT2D eigenvalue weighted by atomic mass is 10.1. The average molecular weight is 376 g/mol. The number of rotatable bonds is 5. The van der Waals surface area contributed by atoms with Crippen molar-refractivity contribution in [2.24, 2.45) is 0 Å². The molecule has 136 valence electrons. The molecule has 0 unspecified atom stereocenters. The number of aromatic hydroxyl groups is 1. The van der Waals surface area contributed by atoms with Crippen LogP contribution in [-0.2, 0) is 0 Å². The van der Waals surface area contributed by atoms with Gasteiger partial charge in [0.2, 0.25) is 0 Å². The normalized spacial score (nSPS) is 11.3. The molecule has 0 atom stereocenters. The summed E-state index contributed by atoms with van der Waals surface area (Å²) in [6.07, 6.45) is 1.75. The van der Waals surface area contributed by atoms with Crippen molar-refractivity contribution >= 4 is 23.0 Å². The van der Waals surface area contributed by atoms with E-state index in [9.17, 15) is 10.4 Å². The number of phenols is 1. The number of nitrogens with zero attached hydrogens (tertiary/aromatic N) is 2. The van der Waals surface area contributed by atoms with Crippen LogP contribution in [0.2, 0.25) is 0 Å². The highest BCUT2D eigenvalue weighted by molar-refractivity contribution is 7.11. The Labute approximate surface area is 163 Å². The maximum Gasteiger partial charge on any atom is 0.161 e. The number of nitriles is 1. The third kappa shape index (κ3) is 4.18. The molecule has 0 saturated heterocycles. The van der Waals surface area contributed by atoms with Crippen LogP contribution < -0.4 is 4.74 Å². The Morgan fingerprint density at radius 2 is 2.04 bits per heavy atom. The summed E-state index contributed by atoms with van der Waals surface area (Å²) >= 11 is 1.44. The van der Waals surface area contributed by atoms with Gasteiger partial charge < -0.3 is 9.84 Å². The van der Waals surface area contributed by atoms with Crippen LogP contribution in [0.4, 0.5) is 0 Å². The van der Waals surface area contributed by atoms with Crippen LogP contribution in [0.1, 0.15) is 28.6 Å². The fourth-order valence-electron chi connectivity index (χ4n) is 2.63. The third-order valence-electron chi connectivity index (χ3n) is 4.25. The van der Waals surface area contributed by atoms with Crippen molar-refractivity contribution in [1.82, 2.24) is 4.98 Å². The molecule has 0 amide bonds. The molecule has 2 aromatic carbocycles. The zero-order chi connectivity index (χ0) is 19.4. The minimum absolute atomic E-state index is 0.0822. The van der Waals surface area contributed by atoms with Crippen LogP contribution in [0.5, 0.6) is 11.5 Å². The van der Waals surface area contributed by atoms with Crippen molar-refractivity contribution in [2.75, 3.05) is 6.61 Å². The molecule has 1 heterocycles. The topological polar surface area (TPSA) is 66.1 Å². The molecule has 1 aromatic heterocycles. The maximum atomic E-state index is 9.82. The molecule has 5 heteroatoms. The lowest BCUT2D eigenvalue weighted by Gasteiger charge is -2.06. The fourth-order valence-corrected chi connectivity index (χ4v) is 3.43. The van der Waals surface area contributed by atoms with E-state index in [4.69, 9.17) is 4.74 Å². The van der Waals surface area contributed by atoms with Gasteiger partial charge in [-0.15, -0.1) is 11.3 Å². The molecule has 3 rings (SSSR count). The Morgan fingerprint density at radius 1 is 1.22 bits per heavy atom. The quantitative estimate of drug-likeness (QED) is 0.589. The molecule has 1 N–H and O–H groups in total. The maximum absolute atomic E-state index is 9.82. The van der Waals surface area contributed by atoms with Crippen molar-refractivity contribution in [3.05, 3.63) is 63.5 Å². The minimum Gasteiger partial charge on any atom is -0.504 e. The molecule has 0 spiro atoms. The predicted molar refractivity (Wildman–Crippen MR) is 110 cm³/mol. The fraction of sp³-hybridized carbons (Fsp3) is 0.182. The van der Waals surface area contributed by atoms with E-state index >= 15 is 0 Å². The lowest BCUT2D eigenvalue weighted by Crippen LogP contribution is -1.92. The van der Waals surface area contributed by atoms with Crippen LogP contribution in [0.25, 0.3) is 22.9 Å². The first kappa shape index (κ1) is 18.7. The predicted octanol–water partition coefficient (Wildman–Crippen LogP) is 5.60. The van der Waals surface area contributed by atoms with E-state index in [1.807, 2.05) is 18.4 Å². The first-order valence-corrected chi connectivity index (χ1v) is 9.51. The Bertz CT molecular complexity index is 1040. The van der Waals surface area contributed by atoms with Crippen LogP contribution in [0, 0.1) is 25.2 Å². The molecule has 0 aliphatic rings. The van der Waals surface area contributed by atoms with Crippen LogP contribution in [0.3, 0.4) is 0 Å². The van der Waals surface area contributed by atoms with Crippen molar-refractivity contribution in [3.63, 3.8) is 0 Å². The third-order valence-corrected chi connectivity index (χ3v) is 5.13. The van der Waals surface area contributed by atoms with Gasteiger partial charge in [-0.1, -0.05) is 18.2 Å². The van der Waals surface area contributed by atoms with Gasteiger partial charge in [0.05, 0.1) is 17.9 Å². The smallest absolute Gasteiger partial charge is 0.161 e. The number of thiazole rings is 1. The molecule has 3 aromatic rings. The van der Waals surface area contributed by atoms with Crippen LogP contribution >= 0.6 is 11.3 Å². The second kappa shape index (κ2) is 8.07. The van der Waals surface area contributed by atoms with Gasteiger partial charge in [-0.05, 0) is 61.7 Å². The second-order valence-electron chi connectivity index (χ2n) is 6.17. The van der Waals surface area contributed by atoms with E-state index < -0.39 is 0 Å². The number of hydrogen-bond donors (Lipinski definition) is 1. The molecule has 0 saturated carbocycles. The van der Waals surface area contributed by atoms with Gasteiger partial charge in [0.1, 0.15) is 11.1 Å². The summed E-state index contributed by atoms with van der Waals surface area (Å²) in [7, 11) is 0. The molecule has 0 aliphatic carbocycles. The van der Waals surface area contributed by atoms with Crippen molar-refractivity contribution < 1.29 is 9.84 Å². The van der Waals surface area contributed by atoms with Gasteiger partial charge in [0.25, 0.3) is 0 Å². The van der Waals surface area contributed by atoms with E-state index in [0.717, 1.165) is 16.8 Å². The number of ether oxygens (including phenoxy) is 1. The molecule has 0 fully saturated rings. The van der Waals surface area contributed by atoms with Gasteiger partial charge in [-0.2, -0.15) is 5.26 Å². The number of aromatic nitrogens is 1. The minimum atomic E-state index is 0.0822. The summed E-state index contributed by atoms with van der Waals surface area (Å²) in [6, 6.07) is 13.5. The molecule has 0 radical (unpaired) electrons. The Morgan fingerprint density at radius 3 is 2.74 bits per heavy atom. The van der Waals surface area contributed by atoms with Crippen LogP contribution in [-0.4, -0.2) is 16.7 Å². The summed E-state index contributed by atoms with van der Waals surface area (Å²) in [4.78, 5) is 4.64. The lowest BCUT2D eigenvalue weighted by molar-refractivity contribution is 0.318. The SMILES string of the molecule is CCOc1cc(/C=C(\C#N)c2nc(-c3ccc(C)c(C)c3)cs2)ccc1O. The van der Waals surface area contributed by atoms with E-state index in [1.165, 1.54) is 22.5 Å². The Balaban J connectivity index is 1.94. The number of aryl methyl sites for hydroxylation is 2. The van der Waals surface area contributed by atoms with E-state index in [0.29, 0.717) is 22.9 Å². The van der Waals surface area contributed by atoms with Gasteiger partial charge in [-0.25, -0.2) is 4.98 Å². The number of hydrogen-bond acceptors (Lipinski definition) is 5. The molecule has 0 bridgehead atoms. The molecular formula is C22H20N2O2S. The summed E-state index contributed by atoms with van der Waals surface area (Å²) in [5.74, 6) is 0.484. The first-order valence-electron chi connectivity index (χ1n) is 8.63. The second-order valence-corrected chi connectivity index (χ2v) is 7.03. The zero-order valence-electron chi connectivity index (χ0n) is 15.5. The van der Waals surface area contributed by atoms with Gasteiger partial charge in [0.15, 0.2) is 11.5 Å². The Kier molecular flexibility index (Phi) is 5.58. The zero-order valence-corrected chi connectivity index (χ0v) is 16.3. The van der Waals surface area contributed by atoms with E-state index in [2.05, 4.69) is 37.0 Å². The van der Waals surface area contributed by atoms with Gasteiger partial charge in [0, 0.05) is 10.9 Å². The molecule has 4 nitrogen and oxygen atoms in total. The van der Waals surface area contributed by atoms with Crippen molar-refractivity contribution in [1.29, 1.82) is 5.26 Å². The standard InChI is InChI=1S/C22H20N2O2S/c1-4-26-21-11-16(6-8-20(21)25)10-18(12-23)22-24-19(13-27-22)17-7-5-14(2)15(3)9-17/h5-11,13,25H,4H2,1-3H3/b18-10+. The van der Waals surface area contributed by atoms with E-state index in [-0.39, 0.29) is 5.75 Å². The monoisotopic (exact) mass is 376 g/mol. The molecule has 0 aliphatic heterocycles. The van der Waals surface area contributed by atoms with Gasteiger partial charge in [-0.3, -0.25) is 0 Å². The van der Waals surface area contributed by atoms with Gasteiger partial charge >= 0.3 is 0 Å². The summed E-state index contributed by atoms with van der Waals surface area (Å²) in [6.45, 7) is 6.47. The summed E-state index contributed by atoms with van der Waals surface area (Å²) in [5.41, 5.74) is 5.61. The molecule has 27 heavy (non-hydrogen) atoms. The Hall–Kier alpha value is -3.10. The molecular weight excluding hydrogens is 356 g/mol. The highest BCUT2D eigenvalue weighted by Crippen LogP contribution is 2.31.